The van der Waals surface area contributed by atoms with Crippen LogP contribution >= 0.6 is 0 Å². The molecule has 20 heavy (non-hydrogen) atoms. The minimum Gasteiger partial charge on any atom is -0.311 e. The Balaban J connectivity index is 2.24. The first-order valence-corrected chi connectivity index (χ1v) is 8.21. The van der Waals surface area contributed by atoms with Crippen LogP contribution in [0.4, 0.5) is 0 Å². The van der Waals surface area contributed by atoms with Crippen molar-refractivity contribution in [3.05, 3.63) is 35.9 Å². The molecule has 0 bridgehead atoms. The molecule has 3 unspecified atom stereocenters. The minimum absolute atomic E-state index is 0.520. The first kappa shape index (κ1) is 15.5. The van der Waals surface area contributed by atoms with Crippen LogP contribution in [0.25, 0.3) is 0 Å². The zero-order chi connectivity index (χ0) is 14.5. The van der Waals surface area contributed by atoms with Crippen molar-refractivity contribution in [2.75, 3.05) is 13.1 Å². The van der Waals surface area contributed by atoms with Crippen LogP contribution in [-0.4, -0.2) is 30.1 Å². The van der Waals surface area contributed by atoms with Gasteiger partial charge in [0.1, 0.15) is 0 Å². The molecule has 0 aromatic heterocycles. The summed E-state index contributed by atoms with van der Waals surface area (Å²) in [4.78, 5) is 2.75. The molecule has 0 saturated carbocycles. The van der Waals surface area contributed by atoms with Gasteiger partial charge in [0.25, 0.3) is 0 Å². The second kappa shape index (κ2) is 7.24. The molecule has 1 fully saturated rings. The van der Waals surface area contributed by atoms with Crippen LogP contribution in [0.15, 0.2) is 30.3 Å². The van der Waals surface area contributed by atoms with Gasteiger partial charge in [0.05, 0.1) is 0 Å². The van der Waals surface area contributed by atoms with Crippen LogP contribution in [0, 0.1) is 5.92 Å². The van der Waals surface area contributed by atoms with Crippen LogP contribution in [0.1, 0.15) is 52.1 Å². The second-order valence-electron chi connectivity index (χ2n) is 6.36. The predicted octanol–water partition coefficient (Wildman–Crippen LogP) is 3.85. The lowest BCUT2D eigenvalue weighted by atomic mass is 9.92. The van der Waals surface area contributed by atoms with E-state index in [4.69, 9.17) is 0 Å². The van der Waals surface area contributed by atoms with Crippen LogP contribution in [0.2, 0.25) is 0 Å². The molecule has 1 saturated heterocycles. The molecular weight excluding hydrogens is 244 g/mol. The van der Waals surface area contributed by atoms with Gasteiger partial charge in [0.2, 0.25) is 0 Å². The molecule has 2 heteroatoms. The third-order valence-corrected chi connectivity index (χ3v) is 4.72. The van der Waals surface area contributed by atoms with Crippen molar-refractivity contribution in [1.29, 1.82) is 0 Å². The van der Waals surface area contributed by atoms with Gasteiger partial charge in [-0.3, -0.25) is 4.90 Å². The van der Waals surface area contributed by atoms with Gasteiger partial charge in [-0.15, -0.1) is 0 Å². The molecule has 2 nitrogen and oxygen atoms in total. The van der Waals surface area contributed by atoms with Gasteiger partial charge < -0.3 is 5.32 Å². The highest BCUT2D eigenvalue weighted by Gasteiger charge is 2.33. The lowest BCUT2D eigenvalue weighted by Crippen LogP contribution is -2.56. The highest BCUT2D eigenvalue weighted by atomic mass is 15.3. The molecule has 0 amide bonds. The summed E-state index contributed by atoms with van der Waals surface area (Å²) in [5.74, 6) is 0.710. The number of hydrogen-bond acceptors (Lipinski definition) is 2. The average Bonchev–Trinajstić information content (AvgIpc) is 2.48. The van der Waals surface area contributed by atoms with Crippen molar-refractivity contribution < 1.29 is 0 Å². The predicted molar refractivity (Wildman–Crippen MR) is 86.9 cm³/mol. The van der Waals surface area contributed by atoms with Crippen molar-refractivity contribution in [3.8, 4) is 0 Å². The zero-order valence-corrected chi connectivity index (χ0v) is 13.5. The van der Waals surface area contributed by atoms with Gasteiger partial charge >= 0.3 is 0 Å². The van der Waals surface area contributed by atoms with E-state index in [9.17, 15) is 0 Å². The normalized spacial score (nSPS) is 25.9. The highest BCUT2D eigenvalue weighted by Crippen LogP contribution is 2.30. The third kappa shape index (κ3) is 3.42. The molecule has 1 aliphatic heterocycles. The largest absolute Gasteiger partial charge is 0.311 e. The summed E-state index contributed by atoms with van der Waals surface area (Å²) in [5.41, 5.74) is 1.45. The topological polar surface area (TPSA) is 15.3 Å². The van der Waals surface area contributed by atoms with Crippen molar-refractivity contribution in [2.24, 2.45) is 5.92 Å². The average molecular weight is 274 g/mol. The minimum atomic E-state index is 0.520. The van der Waals surface area contributed by atoms with Gasteiger partial charge in [0.15, 0.2) is 0 Å². The van der Waals surface area contributed by atoms with Crippen molar-refractivity contribution in [1.82, 2.24) is 10.2 Å². The van der Waals surface area contributed by atoms with E-state index >= 15 is 0 Å². The Morgan fingerprint density at radius 3 is 2.45 bits per heavy atom. The molecule has 1 aromatic carbocycles. The standard InChI is InChI=1S/C18H30N2/c1-5-16-13-20(17(6-2)14(3)4)18(12-19-16)15-10-8-7-9-11-15/h7-11,14,16-19H,5-6,12-13H2,1-4H3. The van der Waals surface area contributed by atoms with Crippen molar-refractivity contribution in [2.45, 2.75) is 58.7 Å². The Bertz CT molecular complexity index is 388. The molecule has 0 radical (unpaired) electrons. The lowest BCUT2D eigenvalue weighted by Gasteiger charge is -2.46. The third-order valence-electron chi connectivity index (χ3n) is 4.72. The second-order valence-corrected chi connectivity index (χ2v) is 6.36. The summed E-state index contributed by atoms with van der Waals surface area (Å²) in [5, 5.41) is 3.72. The maximum absolute atomic E-state index is 3.72. The molecule has 1 heterocycles. The Hall–Kier alpha value is -0.860. The molecule has 0 spiro atoms. The smallest absolute Gasteiger partial charge is 0.0476 e. The Kier molecular flexibility index (Phi) is 5.62. The van der Waals surface area contributed by atoms with Crippen LogP contribution in [0.3, 0.4) is 0 Å². The van der Waals surface area contributed by atoms with E-state index in [-0.39, 0.29) is 0 Å². The quantitative estimate of drug-likeness (QED) is 0.877. The number of nitrogens with one attached hydrogen (secondary N) is 1. The van der Waals surface area contributed by atoms with Gasteiger partial charge in [-0.05, 0) is 24.3 Å². The molecule has 3 atom stereocenters. The zero-order valence-electron chi connectivity index (χ0n) is 13.5. The molecule has 112 valence electrons. The van der Waals surface area contributed by atoms with Crippen molar-refractivity contribution >= 4 is 0 Å². The van der Waals surface area contributed by atoms with E-state index in [1.54, 1.807) is 0 Å². The number of hydrogen-bond donors (Lipinski definition) is 1. The molecule has 0 aliphatic carbocycles. The molecule has 1 aliphatic rings. The highest BCUT2D eigenvalue weighted by molar-refractivity contribution is 5.20. The maximum atomic E-state index is 3.72. The van der Waals surface area contributed by atoms with Crippen LogP contribution in [0.5, 0.6) is 0 Å². The Morgan fingerprint density at radius 1 is 1.20 bits per heavy atom. The fraction of sp³-hybridized carbons (Fsp3) is 0.667. The van der Waals surface area contributed by atoms with E-state index in [0.29, 0.717) is 24.0 Å². The number of nitrogens with zero attached hydrogens (tertiary/aromatic N) is 1. The van der Waals surface area contributed by atoms with Crippen molar-refractivity contribution in [3.63, 3.8) is 0 Å². The Morgan fingerprint density at radius 2 is 1.90 bits per heavy atom. The first-order valence-electron chi connectivity index (χ1n) is 8.21. The van der Waals surface area contributed by atoms with E-state index < -0.39 is 0 Å². The van der Waals surface area contributed by atoms with Gasteiger partial charge in [-0.25, -0.2) is 0 Å². The first-order chi connectivity index (χ1) is 9.67. The van der Waals surface area contributed by atoms with Crippen LogP contribution < -0.4 is 5.32 Å². The lowest BCUT2D eigenvalue weighted by molar-refractivity contribution is 0.0545. The fourth-order valence-corrected chi connectivity index (χ4v) is 3.56. The van der Waals surface area contributed by atoms with E-state index in [2.05, 4.69) is 68.2 Å². The fourth-order valence-electron chi connectivity index (χ4n) is 3.56. The maximum Gasteiger partial charge on any atom is 0.0476 e. The summed E-state index contributed by atoms with van der Waals surface area (Å²) in [7, 11) is 0. The van der Waals surface area contributed by atoms with E-state index in [1.807, 2.05) is 0 Å². The summed E-state index contributed by atoms with van der Waals surface area (Å²) >= 11 is 0. The SMILES string of the molecule is CCC1CN(C(CC)C(C)C)C(c2ccccc2)CN1. The number of rotatable bonds is 5. The monoisotopic (exact) mass is 274 g/mol. The summed E-state index contributed by atoms with van der Waals surface area (Å²) in [6.45, 7) is 11.6. The molecular formula is C18H30N2. The number of benzene rings is 1. The molecule has 2 rings (SSSR count). The van der Waals surface area contributed by atoms with Gasteiger partial charge in [-0.1, -0.05) is 58.0 Å². The Labute approximate surface area is 124 Å². The summed E-state index contributed by atoms with van der Waals surface area (Å²) in [6, 6.07) is 12.8. The molecule has 1 aromatic rings. The van der Waals surface area contributed by atoms with E-state index in [0.717, 1.165) is 6.54 Å². The van der Waals surface area contributed by atoms with Gasteiger partial charge in [-0.2, -0.15) is 0 Å². The number of piperazine rings is 1. The summed E-state index contributed by atoms with van der Waals surface area (Å²) < 4.78 is 0. The van der Waals surface area contributed by atoms with Gasteiger partial charge in [0, 0.05) is 31.2 Å². The molecule has 1 N–H and O–H groups in total. The van der Waals surface area contributed by atoms with E-state index in [1.165, 1.54) is 24.9 Å². The van der Waals surface area contributed by atoms with Crippen LogP contribution in [-0.2, 0) is 0 Å². The summed E-state index contributed by atoms with van der Waals surface area (Å²) in [6.07, 6.45) is 2.45.